The minimum atomic E-state index is 0.624. The SMILES string of the molecule is c1ccc(-c2cccc(-n3c4ccccc4c4c5c6ccc7ccccc7c6n(-c6nc(-c7ccc8c(c7)oc7ccccc78)c7ccccc7n6)c5ccc43)c2)cc1. The van der Waals surface area contributed by atoms with Crippen molar-refractivity contribution in [1.82, 2.24) is 19.1 Å². The van der Waals surface area contributed by atoms with Gasteiger partial charge in [0.05, 0.1) is 33.3 Å². The first kappa shape index (κ1) is 32.1. The summed E-state index contributed by atoms with van der Waals surface area (Å²) in [6.07, 6.45) is 0. The van der Waals surface area contributed by atoms with E-state index >= 15 is 0 Å². The van der Waals surface area contributed by atoms with Crippen molar-refractivity contribution < 1.29 is 4.42 Å². The van der Waals surface area contributed by atoms with Gasteiger partial charge in [0, 0.05) is 54.3 Å². The predicted octanol–water partition coefficient (Wildman–Crippen LogP) is 14.2. The number of furan rings is 1. The van der Waals surface area contributed by atoms with Gasteiger partial charge < -0.3 is 8.98 Å². The molecule has 0 saturated carbocycles. The van der Waals surface area contributed by atoms with Gasteiger partial charge in [-0.05, 0) is 71.1 Å². The van der Waals surface area contributed by atoms with Crippen molar-refractivity contribution in [3.05, 3.63) is 194 Å². The lowest BCUT2D eigenvalue weighted by molar-refractivity contribution is 0.669. The van der Waals surface area contributed by atoms with Crippen LogP contribution in [0.5, 0.6) is 0 Å². The number of hydrogen-bond donors (Lipinski definition) is 0. The summed E-state index contributed by atoms with van der Waals surface area (Å²) >= 11 is 0. The summed E-state index contributed by atoms with van der Waals surface area (Å²) in [5.74, 6) is 0.624. The smallest absolute Gasteiger partial charge is 0.235 e. The van der Waals surface area contributed by atoms with Crippen LogP contribution >= 0.6 is 0 Å². The van der Waals surface area contributed by atoms with Crippen molar-refractivity contribution in [3.63, 3.8) is 0 Å². The molecule has 0 saturated heterocycles. The van der Waals surface area contributed by atoms with Gasteiger partial charge >= 0.3 is 0 Å². The molecule has 0 aliphatic heterocycles. The van der Waals surface area contributed by atoms with E-state index in [0.29, 0.717) is 5.95 Å². The van der Waals surface area contributed by atoms with Crippen LogP contribution in [0, 0.1) is 0 Å². The molecule has 0 bridgehead atoms. The summed E-state index contributed by atoms with van der Waals surface area (Å²) < 4.78 is 11.1. The molecular formula is C54H32N4O. The third-order valence-corrected chi connectivity index (χ3v) is 12.1. The third kappa shape index (κ3) is 4.67. The molecule has 0 unspecified atom stereocenters. The second kappa shape index (κ2) is 12.2. The number of rotatable bonds is 4. The average Bonchev–Trinajstić information content (AvgIpc) is 3.96. The Hall–Kier alpha value is -8.02. The molecule has 0 atom stereocenters. The first-order chi connectivity index (χ1) is 29.3. The molecule has 0 amide bonds. The van der Waals surface area contributed by atoms with Gasteiger partial charge in [-0.15, -0.1) is 0 Å². The van der Waals surface area contributed by atoms with E-state index < -0.39 is 0 Å². The first-order valence-electron chi connectivity index (χ1n) is 20.0. The molecule has 4 aromatic heterocycles. The van der Waals surface area contributed by atoms with E-state index in [4.69, 9.17) is 14.4 Å². The van der Waals surface area contributed by atoms with Crippen LogP contribution in [0.25, 0.3) is 121 Å². The lowest BCUT2D eigenvalue weighted by atomic mass is 10.0. The van der Waals surface area contributed by atoms with Crippen molar-refractivity contribution in [2.45, 2.75) is 0 Å². The van der Waals surface area contributed by atoms with Gasteiger partial charge in [-0.2, -0.15) is 0 Å². The number of para-hydroxylation sites is 3. The molecule has 4 heterocycles. The van der Waals surface area contributed by atoms with Gasteiger partial charge in [-0.1, -0.05) is 140 Å². The Morgan fingerprint density at radius 1 is 0.373 bits per heavy atom. The summed E-state index contributed by atoms with van der Waals surface area (Å²) in [6, 6.07) is 68.9. The highest BCUT2D eigenvalue weighted by Gasteiger charge is 2.24. The molecule has 0 aliphatic carbocycles. The molecule has 5 nitrogen and oxygen atoms in total. The average molecular weight is 753 g/mol. The minimum absolute atomic E-state index is 0.624. The molecule has 0 radical (unpaired) electrons. The summed E-state index contributed by atoms with van der Waals surface area (Å²) in [5.41, 5.74) is 12.4. The summed E-state index contributed by atoms with van der Waals surface area (Å²) in [6.45, 7) is 0. The maximum atomic E-state index is 6.38. The molecule has 0 aliphatic rings. The quantitative estimate of drug-likeness (QED) is 0.180. The Morgan fingerprint density at radius 2 is 1.05 bits per heavy atom. The van der Waals surface area contributed by atoms with Crippen LogP contribution in [0.15, 0.2) is 199 Å². The fourth-order valence-corrected chi connectivity index (χ4v) is 9.53. The van der Waals surface area contributed by atoms with Crippen molar-refractivity contribution in [1.29, 1.82) is 0 Å². The Labute approximate surface area is 337 Å². The summed E-state index contributed by atoms with van der Waals surface area (Å²) in [4.78, 5) is 10.9. The van der Waals surface area contributed by atoms with Crippen LogP contribution in [0.4, 0.5) is 0 Å². The second-order valence-corrected chi connectivity index (χ2v) is 15.3. The summed E-state index contributed by atoms with van der Waals surface area (Å²) in [5, 5.41) is 10.2. The fourth-order valence-electron chi connectivity index (χ4n) is 9.53. The van der Waals surface area contributed by atoms with E-state index in [1.807, 2.05) is 12.1 Å². The Kier molecular flexibility index (Phi) is 6.66. The van der Waals surface area contributed by atoms with Gasteiger partial charge in [0.1, 0.15) is 11.2 Å². The van der Waals surface area contributed by atoms with Crippen LogP contribution in [-0.2, 0) is 0 Å². The van der Waals surface area contributed by atoms with Crippen LogP contribution in [0.3, 0.4) is 0 Å². The zero-order valence-corrected chi connectivity index (χ0v) is 31.7. The van der Waals surface area contributed by atoms with E-state index in [1.54, 1.807) is 0 Å². The minimum Gasteiger partial charge on any atom is -0.456 e. The number of nitrogens with zero attached hydrogens (tertiary/aromatic N) is 4. The topological polar surface area (TPSA) is 48.8 Å². The van der Waals surface area contributed by atoms with Crippen LogP contribution in [0.1, 0.15) is 0 Å². The lowest BCUT2D eigenvalue weighted by Crippen LogP contribution is -2.03. The molecule has 0 N–H and O–H groups in total. The van der Waals surface area contributed by atoms with Crippen molar-refractivity contribution in [3.8, 4) is 34.0 Å². The van der Waals surface area contributed by atoms with E-state index in [1.165, 1.54) is 27.3 Å². The zero-order valence-electron chi connectivity index (χ0n) is 31.7. The van der Waals surface area contributed by atoms with Crippen molar-refractivity contribution in [2.24, 2.45) is 0 Å². The van der Waals surface area contributed by atoms with Crippen LogP contribution in [0.2, 0.25) is 0 Å². The van der Waals surface area contributed by atoms with E-state index in [9.17, 15) is 0 Å². The maximum Gasteiger partial charge on any atom is 0.235 e. The largest absolute Gasteiger partial charge is 0.456 e. The molecule has 13 rings (SSSR count). The van der Waals surface area contributed by atoms with E-state index in [2.05, 4.69) is 191 Å². The maximum absolute atomic E-state index is 6.38. The number of fused-ring (bicyclic) bond motifs is 13. The third-order valence-electron chi connectivity index (χ3n) is 12.1. The molecule has 274 valence electrons. The number of benzene rings is 9. The monoisotopic (exact) mass is 752 g/mol. The Bertz CT molecular complexity index is 3850. The van der Waals surface area contributed by atoms with Gasteiger partial charge in [0.2, 0.25) is 5.95 Å². The van der Waals surface area contributed by atoms with Crippen molar-refractivity contribution >= 4 is 87.2 Å². The molecule has 13 aromatic rings. The van der Waals surface area contributed by atoms with Gasteiger partial charge in [0.15, 0.2) is 0 Å². The molecule has 5 heteroatoms. The normalized spacial score (nSPS) is 12.1. The molecule has 0 fully saturated rings. The van der Waals surface area contributed by atoms with Gasteiger partial charge in [-0.3, -0.25) is 4.57 Å². The molecule has 0 spiro atoms. The molecular weight excluding hydrogens is 721 g/mol. The second-order valence-electron chi connectivity index (χ2n) is 15.3. The lowest BCUT2D eigenvalue weighted by Gasteiger charge is -2.13. The van der Waals surface area contributed by atoms with E-state index in [-0.39, 0.29) is 0 Å². The number of aromatic nitrogens is 4. The number of hydrogen-bond acceptors (Lipinski definition) is 3. The molecule has 59 heavy (non-hydrogen) atoms. The van der Waals surface area contributed by atoms with E-state index in [0.717, 1.165) is 88.0 Å². The summed E-state index contributed by atoms with van der Waals surface area (Å²) in [7, 11) is 0. The predicted molar refractivity (Wildman–Crippen MR) is 244 cm³/mol. The van der Waals surface area contributed by atoms with Crippen LogP contribution in [-0.4, -0.2) is 19.1 Å². The van der Waals surface area contributed by atoms with Gasteiger partial charge in [-0.25, -0.2) is 9.97 Å². The van der Waals surface area contributed by atoms with Crippen LogP contribution < -0.4 is 0 Å². The highest BCUT2D eigenvalue weighted by molar-refractivity contribution is 6.31. The fraction of sp³-hybridized carbons (Fsp3) is 0. The van der Waals surface area contributed by atoms with Crippen molar-refractivity contribution in [2.75, 3.05) is 0 Å². The Balaban J connectivity index is 1.13. The Morgan fingerprint density at radius 3 is 1.95 bits per heavy atom. The highest BCUT2D eigenvalue weighted by atomic mass is 16.3. The highest BCUT2D eigenvalue weighted by Crippen LogP contribution is 2.44. The molecule has 9 aromatic carbocycles. The standard InChI is InChI=1S/C54H32N4O/c1-2-13-33(14-3-1)35-16-12-17-37(31-35)57-45-23-10-7-21-42(45)50-46(57)29-30-47-51(50)43-28-25-34-15-4-5-18-38(34)53(43)58(47)54-55-44-22-9-6-20-41(44)52(56-54)36-26-27-40-39-19-8-11-24-48(39)59-49(40)32-36/h1-32H. The zero-order chi connectivity index (χ0) is 38.6. The van der Waals surface area contributed by atoms with Gasteiger partial charge in [0.25, 0.3) is 0 Å². The first-order valence-corrected chi connectivity index (χ1v) is 20.0.